The Hall–Kier alpha value is -1.14. The normalized spacial score (nSPS) is 12.2. The first-order chi connectivity index (χ1) is 9.13. The summed E-state index contributed by atoms with van der Waals surface area (Å²) < 4.78 is 14.5. The lowest BCUT2D eigenvalue weighted by molar-refractivity contribution is 0.0526. The fourth-order valence-corrected chi connectivity index (χ4v) is 2.71. The Morgan fingerprint density at radius 1 is 1.47 bits per heavy atom. The number of carbonyl (C=O) groups is 1. The molecule has 0 saturated carbocycles. The van der Waals surface area contributed by atoms with Crippen LogP contribution in [0.5, 0.6) is 0 Å². The van der Waals surface area contributed by atoms with Crippen LogP contribution in [-0.4, -0.2) is 36.7 Å². The van der Waals surface area contributed by atoms with Crippen molar-refractivity contribution < 1.29 is 14.3 Å². The molecule has 6 heteroatoms. The van der Waals surface area contributed by atoms with Gasteiger partial charge in [-0.15, -0.1) is 0 Å². The fourth-order valence-electron chi connectivity index (χ4n) is 1.84. The number of anilines is 1. The number of hydrogen-bond donors (Lipinski definition) is 1. The number of carbonyl (C=O) groups excluding carboxylic acids is 1. The highest BCUT2D eigenvalue weighted by Gasteiger charge is 2.21. The molecule has 19 heavy (non-hydrogen) atoms. The summed E-state index contributed by atoms with van der Waals surface area (Å²) in [5.74, 6) is -0.316. The zero-order valence-electron chi connectivity index (χ0n) is 12.0. The first-order valence-corrected chi connectivity index (χ1v) is 7.30. The lowest BCUT2D eigenvalue weighted by Crippen LogP contribution is -2.25. The van der Waals surface area contributed by atoms with Crippen LogP contribution in [-0.2, 0) is 9.47 Å². The highest BCUT2D eigenvalue weighted by molar-refractivity contribution is 7.10. The van der Waals surface area contributed by atoms with Crippen molar-refractivity contribution in [3.8, 4) is 0 Å². The van der Waals surface area contributed by atoms with Crippen molar-refractivity contribution in [2.75, 3.05) is 25.6 Å². The molecule has 0 amide bonds. The number of hydrogen-bond acceptors (Lipinski definition) is 6. The second-order valence-electron chi connectivity index (χ2n) is 4.28. The fraction of sp³-hybridized carbons (Fsp3) is 0.692. The molecule has 1 aromatic heterocycles. The van der Waals surface area contributed by atoms with Crippen LogP contribution >= 0.6 is 11.5 Å². The molecular weight excluding hydrogens is 264 g/mol. The van der Waals surface area contributed by atoms with Crippen molar-refractivity contribution in [1.82, 2.24) is 4.37 Å². The average Bonchev–Trinajstić information content (AvgIpc) is 2.71. The monoisotopic (exact) mass is 286 g/mol. The molecule has 0 aromatic carbocycles. The van der Waals surface area contributed by atoms with Crippen molar-refractivity contribution in [2.24, 2.45) is 0 Å². The summed E-state index contributed by atoms with van der Waals surface area (Å²) >= 11 is 1.29. The van der Waals surface area contributed by atoms with Crippen LogP contribution in [0.15, 0.2) is 0 Å². The van der Waals surface area contributed by atoms with E-state index in [0.717, 1.165) is 17.8 Å². The van der Waals surface area contributed by atoms with Crippen LogP contribution < -0.4 is 5.32 Å². The number of aryl methyl sites for hydroxylation is 1. The maximum absolute atomic E-state index is 11.9. The van der Waals surface area contributed by atoms with Gasteiger partial charge in [-0.25, -0.2) is 4.79 Å². The Kier molecular flexibility index (Phi) is 6.80. The van der Waals surface area contributed by atoms with Crippen molar-refractivity contribution in [3.63, 3.8) is 0 Å². The van der Waals surface area contributed by atoms with Crippen LogP contribution in [0.2, 0.25) is 0 Å². The van der Waals surface area contributed by atoms with Gasteiger partial charge in [-0.2, -0.15) is 4.37 Å². The molecule has 0 fully saturated rings. The quantitative estimate of drug-likeness (QED) is 0.745. The highest BCUT2D eigenvalue weighted by Crippen LogP contribution is 2.26. The van der Waals surface area contributed by atoms with Gasteiger partial charge in [0.1, 0.15) is 10.6 Å². The van der Waals surface area contributed by atoms with Crippen molar-refractivity contribution >= 4 is 22.5 Å². The molecule has 0 aliphatic heterocycles. The molecule has 1 rings (SSSR count). The largest absolute Gasteiger partial charge is 0.462 e. The molecule has 1 unspecified atom stereocenters. The minimum atomic E-state index is -0.316. The lowest BCUT2D eigenvalue weighted by atomic mass is 10.1. The van der Waals surface area contributed by atoms with Crippen LogP contribution in [0.25, 0.3) is 0 Å². The molecule has 1 N–H and O–H groups in total. The van der Waals surface area contributed by atoms with Gasteiger partial charge in [0.25, 0.3) is 0 Å². The third-order valence-electron chi connectivity index (χ3n) is 2.68. The summed E-state index contributed by atoms with van der Waals surface area (Å²) in [5.41, 5.74) is 1.25. The van der Waals surface area contributed by atoms with Crippen LogP contribution in [0.4, 0.5) is 5.00 Å². The lowest BCUT2D eigenvalue weighted by Gasteiger charge is -2.17. The second-order valence-corrected chi connectivity index (χ2v) is 5.05. The SMILES string of the molecule is CCCC(COC)Nc1snc(C)c1C(=O)OCC. The van der Waals surface area contributed by atoms with Crippen LogP contribution in [0, 0.1) is 6.92 Å². The predicted octanol–water partition coefficient (Wildman–Crippen LogP) is 2.86. The predicted molar refractivity (Wildman–Crippen MR) is 77.0 cm³/mol. The van der Waals surface area contributed by atoms with Gasteiger partial charge >= 0.3 is 5.97 Å². The summed E-state index contributed by atoms with van der Waals surface area (Å²) in [5, 5.41) is 4.11. The van der Waals surface area contributed by atoms with Crippen molar-refractivity contribution in [3.05, 3.63) is 11.3 Å². The molecule has 0 spiro atoms. The third kappa shape index (κ3) is 4.47. The molecule has 0 aliphatic rings. The van der Waals surface area contributed by atoms with E-state index in [1.54, 1.807) is 14.0 Å². The standard InChI is InChI=1S/C13H22N2O3S/c1-5-7-10(8-17-4)14-12-11(9(3)15-19-12)13(16)18-6-2/h10,14H,5-8H2,1-4H3. The molecule has 108 valence electrons. The molecule has 1 aromatic rings. The number of ether oxygens (including phenoxy) is 2. The van der Waals surface area contributed by atoms with Gasteiger partial charge in [0, 0.05) is 7.11 Å². The molecule has 5 nitrogen and oxygen atoms in total. The summed E-state index contributed by atoms with van der Waals surface area (Å²) in [7, 11) is 1.68. The Bertz CT molecular complexity index is 401. The summed E-state index contributed by atoms with van der Waals surface area (Å²) in [6.45, 7) is 6.70. The Balaban J connectivity index is 2.84. The van der Waals surface area contributed by atoms with Gasteiger partial charge in [0.15, 0.2) is 0 Å². The molecular formula is C13H22N2O3S. The summed E-state index contributed by atoms with van der Waals surface area (Å²) in [4.78, 5) is 11.9. The van der Waals surface area contributed by atoms with E-state index < -0.39 is 0 Å². The molecule has 1 atom stereocenters. The first kappa shape index (κ1) is 15.9. The number of nitrogens with zero attached hydrogens (tertiary/aromatic N) is 1. The topological polar surface area (TPSA) is 60.5 Å². The van der Waals surface area contributed by atoms with E-state index >= 15 is 0 Å². The number of esters is 1. The van der Waals surface area contributed by atoms with Gasteiger partial charge in [-0.1, -0.05) is 13.3 Å². The van der Waals surface area contributed by atoms with E-state index in [2.05, 4.69) is 16.6 Å². The highest BCUT2D eigenvalue weighted by atomic mass is 32.1. The molecule has 0 aliphatic carbocycles. The molecule has 0 saturated heterocycles. The summed E-state index contributed by atoms with van der Waals surface area (Å²) in [6, 6.07) is 0.183. The Labute approximate surface area is 118 Å². The molecule has 0 bridgehead atoms. The van der Waals surface area contributed by atoms with E-state index in [0.29, 0.717) is 24.5 Å². The van der Waals surface area contributed by atoms with E-state index in [9.17, 15) is 4.79 Å². The minimum absolute atomic E-state index is 0.183. The van der Waals surface area contributed by atoms with Crippen LogP contribution in [0.1, 0.15) is 42.7 Å². The van der Waals surface area contributed by atoms with Crippen LogP contribution in [0.3, 0.4) is 0 Å². The number of rotatable bonds is 8. The van der Waals surface area contributed by atoms with Gasteiger partial charge in [-0.3, -0.25) is 0 Å². The Morgan fingerprint density at radius 2 is 2.21 bits per heavy atom. The van der Waals surface area contributed by atoms with E-state index in [-0.39, 0.29) is 12.0 Å². The minimum Gasteiger partial charge on any atom is -0.462 e. The smallest absolute Gasteiger partial charge is 0.343 e. The third-order valence-corrected chi connectivity index (χ3v) is 3.55. The molecule has 1 heterocycles. The number of aromatic nitrogens is 1. The van der Waals surface area contributed by atoms with E-state index in [4.69, 9.17) is 9.47 Å². The first-order valence-electron chi connectivity index (χ1n) is 6.52. The Morgan fingerprint density at radius 3 is 2.79 bits per heavy atom. The maximum Gasteiger partial charge on any atom is 0.343 e. The van der Waals surface area contributed by atoms with Crippen molar-refractivity contribution in [1.29, 1.82) is 0 Å². The second kappa shape index (κ2) is 8.12. The summed E-state index contributed by atoms with van der Waals surface area (Å²) in [6.07, 6.45) is 2.03. The van der Waals surface area contributed by atoms with E-state index in [1.165, 1.54) is 11.5 Å². The average molecular weight is 286 g/mol. The van der Waals surface area contributed by atoms with Gasteiger partial charge in [0.05, 0.1) is 24.9 Å². The van der Waals surface area contributed by atoms with Gasteiger partial charge < -0.3 is 14.8 Å². The van der Waals surface area contributed by atoms with Gasteiger partial charge in [0.2, 0.25) is 0 Å². The molecule has 0 radical (unpaired) electrons. The zero-order valence-corrected chi connectivity index (χ0v) is 12.8. The number of nitrogens with one attached hydrogen (secondary N) is 1. The number of methoxy groups -OCH3 is 1. The van der Waals surface area contributed by atoms with E-state index in [1.807, 2.05) is 6.92 Å². The van der Waals surface area contributed by atoms with Crippen molar-refractivity contribution in [2.45, 2.75) is 39.7 Å². The zero-order chi connectivity index (χ0) is 14.3. The maximum atomic E-state index is 11.9. The van der Waals surface area contributed by atoms with Gasteiger partial charge in [-0.05, 0) is 31.8 Å².